The van der Waals surface area contributed by atoms with Crippen molar-refractivity contribution in [1.29, 1.82) is 0 Å². The highest BCUT2D eigenvalue weighted by atomic mass is 79.9. The molecule has 92 valence electrons. The monoisotopic (exact) mass is 314 g/mol. The van der Waals surface area contributed by atoms with Gasteiger partial charge < -0.3 is 5.11 Å². The molecule has 3 heteroatoms. The van der Waals surface area contributed by atoms with Crippen LogP contribution in [0.2, 0.25) is 5.02 Å². The molecule has 2 aliphatic carbocycles. The van der Waals surface area contributed by atoms with Gasteiger partial charge in [-0.15, -0.1) is 0 Å². The summed E-state index contributed by atoms with van der Waals surface area (Å²) in [5.74, 6) is 2.05. The number of aliphatic hydroxyl groups excluding tert-OH is 1. The lowest BCUT2D eigenvalue weighted by molar-refractivity contribution is 0.0739. The fourth-order valence-corrected chi connectivity index (χ4v) is 4.57. The third-order valence-electron chi connectivity index (χ3n) is 4.48. The molecule has 17 heavy (non-hydrogen) atoms. The molecule has 0 aromatic heterocycles. The fraction of sp³-hybridized carbons (Fsp3) is 0.571. The Labute approximate surface area is 115 Å². The first-order chi connectivity index (χ1) is 8.15. The Balaban J connectivity index is 1.84. The average Bonchev–Trinajstić information content (AvgIpc) is 2.89. The zero-order valence-corrected chi connectivity index (χ0v) is 11.9. The van der Waals surface area contributed by atoms with Gasteiger partial charge in [-0.1, -0.05) is 40.0 Å². The second kappa shape index (κ2) is 4.56. The zero-order valence-electron chi connectivity index (χ0n) is 9.57. The molecular weight excluding hydrogens is 300 g/mol. The van der Waals surface area contributed by atoms with Crippen molar-refractivity contribution in [2.75, 3.05) is 0 Å². The van der Waals surface area contributed by atoms with Crippen molar-refractivity contribution in [2.24, 2.45) is 17.8 Å². The van der Waals surface area contributed by atoms with E-state index in [4.69, 9.17) is 11.6 Å². The van der Waals surface area contributed by atoms with E-state index in [9.17, 15) is 5.11 Å². The van der Waals surface area contributed by atoms with Crippen molar-refractivity contribution < 1.29 is 5.11 Å². The molecular formula is C14H16BrClO. The van der Waals surface area contributed by atoms with E-state index in [0.717, 1.165) is 21.9 Å². The molecule has 0 heterocycles. The van der Waals surface area contributed by atoms with Crippen LogP contribution in [0, 0.1) is 17.8 Å². The van der Waals surface area contributed by atoms with E-state index in [1.54, 1.807) is 0 Å². The summed E-state index contributed by atoms with van der Waals surface area (Å²) in [6.45, 7) is 0. The highest BCUT2D eigenvalue weighted by molar-refractivity contribution is 9.10. The summed E-state index contributed by atoms with van der Waals surface area (Å²) in [4.78, 5) is 0. The van der Waals surface area contributed by atoms with Crippen LogP contribution in [-0.4, -0.2) is 5.11 Å². The minimum atomic E-state index is -0.336. The van der Waals surface area contributed by atoms with Gasteiger partial charge >= 0.3 is 0 Å². The quantitative estimate of drug-likeness (QED) is 0.847. The Morgan fingerprint density at radius 2 is 2.12 bits per heavy atom. The normalized spacial score (nSPS) is 33.0. The molecule has 2 bridgehead atoms. The van der Waals surface area contributed by atoms with Gasteiger partial charge in [0.25, 0.3) is 0 Å². The van der Waals surface area contributed by atoms with Crippen molar-refractivity contribution >= 4 is 27.5 Å². The molecule has 0 amide bonds. The van der Waals surface area contributed by atoms with E-state index in [1.165, 1.54) is 25.7 Å². The molecule has 2 saturated carbocycles. The lowest BCUT2D eigenvalue weighted by Gasteiger charge is -2.27. The Morgan fingerprint density at radius 3 is 2.71 bits per heavy atom. The van der Waals surface area contributed by atoms with Crippen LogP contribution in [0.1, 0.15) is 37.4 Å². The Bertz CT molecular complexity index is 434. The predicted octanol–water partition coefficient (Wildman–Crippen LogP) is 4.57. The maximum absolute atomic E-state index is 10.5. The first kappa shape index (κ1) is 12.0. The van der Waals surface area contributed by atoms with Gasteiger partial charge in [-0.05, 0) is 54.7 Å². The average molecular weight is 316 g/mol. The number of fused-ring (bicyclic) bond motifs is 2. The number of halogens is 2. The van der Waals surface area contributed by atoms with Gasteiger partial charge in [-0.3, -0.25) is 0 Å². The molecule has 0 spiro atoms. The van der Waals surface area contributed by atoms with Crippen LogP contribution in [0.5, 0.6) is 0 Å². The molecule has 1 aromatic rings. The lowest BCUT2D eigenvalue weighted by atomic mass is 9.82. The first-order valence-electron chi connectivity index (χ1n) is 6.28. The van der Waals surface area contributed by atoms with E-state index < -0.39 is 0 Å². The number of benzene rings is 1. The van der Waals surface area contributed by atoms with Crippen LogP contribution < -0.4 is 0 Å². The Hall–Kier alpha value is -0.0500. The predicted molar refractivity (Wildman–Crippen MR) is 73.0 cm³/mol. The highest BCUT2D eigenvalue weighted by Crippen LogP contribution is 2.53. The van der Waals surface area contributed by atoms with Gasteiger partial charge in [0.2, 0.25) is 0 Å². The maximum Gasteiger partial charge on any atom is 0.0831 e. The highest BCUT2D eigenvalue weighted by Gasteiger charge is 2.43. The van der Waals surface area contributed by atoms with Crippen molar-refractivity contribution in [2.45, 2.75) is 31.8 Å². The van der Waals surface area contributed by atoms with Crippen molar-refractivity contribution in [3.63, 3.8) is 0 Å². The maximum atomic E-state index is 10.5. The van der Waals surface area contributed by atoms with Gasteiger partial charge in [0.15, 0.2) is 0 Å². The third kappa shape index (κ3) is 2.16. The molecule has 2 aliphatic rings. The van der Waals surface area contributed by atoms with Crippen LogP contribution in [0.4, 0.5) is 0 Å². The zero-order chi connectivity index (χ0) is 12.0. The summed E-state index contributed by atoms with van der Waals surface area (Å²) in [6.07, 6.45) is 4.86. The topological polar surface area (TPSA) is 20.2 Å². The van der Waals surface area contributed by atoms with Gasteiger partial charge in [0.1, 0.15) is 0 Å². The minimum Gasteiger partial charge on any atom is -0.388 e. The van der Waals surface area contributed by atoms with Gasteiger partial charge in [0, 0.05) is 9.50 Å². The van der Waals surface area contributed by atoms with Crippen LogP contribution in [-0.2, 0) is 0 Å². The van der Waals surface area contributed by atoms with Gasteiger partial charge in [0.05, 0.1) is 6.10 Å². The minimum absolute atomic E-state index is 0.336. The second-order valence-electron chi connectivity index (χ2n) is 5.45. The Morgan fingerprint density at radius 1 is 1.29 bits per heavy atom. The molecule has 4 unspecified atom stereocenters. The molecule has 0 radical (unpaired) electrons. The molecule has 0 aliphatic heterocycles. The SMILES string of the molecule is OC(c1ccc(Cl)cc1Br)C1CC2CCC1C2. The standard InChI is InChI=1S/C14H16BrClO/c15-13-7-10(16)3-4-11(13)14(17)12-6-8-1-2-9(12)5-8/h3-4,7-9,12,14,17H,1-2,5-6H2. The number of hydrogen-bond acceptors (Lipinski definition) is 1. The van der Waals surface area contributed by atoms with Crippen LogP contribution in [0.25, 0.3) is 0 Å². The van der Waals surface area contributed by atoms with E-state index in [-0.39, 0.29) is 6.10 Å². The molecule has 1 nitrogen and oxygen atoms in total. The van der Waals surface area contributed by atoms with E-state index in [2.05, 4.69) is 15.9 Å². The number of hydrogen-bond donors (Lipinski definition) is 1. The molecule has 0 saturated heterocycles. The van der Waals surface area contributed by atoms with Crippen LogP contribution in [0.15, 0.2) is 22.7 Å². The van der Waals surface area contributed by atoms with Gasteiger partial charge in [-0.25, -0.2) is 0 Å². The van der Waals surface area contributed by atoms with Crippen LogP contribution >= 0.6 is 27.5 Å². The molecule has 2 fully saturated rings. The summed E-state index contributed by atoms with van der Waals surface area (Å²) in [5, 5.41) is 11.3. The summed E-state index contributed by atoms with van der Waals surface area (Å²) in [6, 6.07) is 5.68. The number of rotatable bonds is 2. The van der Waals surface area contributed by atoms with E-state index in [0.29, 0.717) is 10.9 Å². The Kier molecular flexibility index (Phi) is 3.22. The third-order valence-corrected chi connectivity index (χ3v) is 5.40. The smallest absolute Gasteiger partial charge is 0.0831 e. The first-order valence-corrected chi connectivity index (χ1v) is 7.45. The van der Waals surface area contributed by atoms with E-state index in [1.807, 2.05) is 18.2 Å². The molecule has 4 atom stereocenters. The second-order valence-corrected chi connectivity index (χ2v) is 6.74. The summed E-state index contributed by atoms with van der Waals surface area (Å²) < 4.78 is 0.931. The van der Waals surface area contributed by atoms with Gasteiger partial charge in [-0.2, -0.15) is 0 Å². The summed E-state index contributed by atoms with van der Waals surface area (Å²) in [7, 11) is 0. The fourth-order valence-electron chi connectivity index (χ4n) is 3.65. The van der Waals surface area contributed by atoms with Crippen molar-refractivity contribution in [3.8, 4) is 0 Å². The summed E-state index contributed by atoms with van der Waals surface area (Å²) in [5.41, 5.74) is 0.993. The lowest BCUT2D eigenvalue weighted by Crippen LogP contribution is -2.19. The molecule has 3 rings (SSSR count). The van der Waals surface area contributed by atoms with Crippen molar-refractivity contribution in [3.05, 3.63) is 33.3 Å². The van der Waals surface area contributed by atoms with Crippen LogP contribution in [0.3, 0.4) is 0 Å². The number of aliphatic hydroxyl groups is 1. The largest absolute Gasteiger partial charge is 0.388 e. The summed E-state index contributed by atoms with van der Waals surface area (Å²) >= 11 is 9.44. The molecule has 1 N–H and O–H groups in total. The van der Waals surface area contributed by atoms with Crippen molar-refractivity contribution in [1.82, 2.24) is 0 Å². The molecule has 1 aromatic carbocycles. The van der Waals surface area contributed by atoms with E-state index >= 15 is 0 Å².